The van der Waals surface area contributed by atoms with E-state index in [1.807, 2.05) is 0 Å². The number of carbonyl (C=O) groups is 1. The number of nitrogens with one attached hydrogen (secondary N) is 1. The molecule has 0 aliphatic rings. The number of benzene rings is 1. The van der Waals surface area contributed by atoms with Crippen LogP contribution in [0.1, 0.15) is 5.69 Å². The fourth-order valence-corrected chi connectivity index (χ4v) is 3.61. The average molecular weight is 430 g/mol. The second kappa shape index (κ2) is 8.28. The van der Waals surface area contributed by atoms with Gasteiger partial charge in [-0.1, -0.05) is 35.5 Å². The summed E-state index contributed by atoms with van der Waals surface area (Å²) in [7, 11) is 0. The Morgan fingerprint density at radius 2 is 2.00 bits per heavy atom. The van der Waals surface area contributed by atoms with Crippen LogP contribution in [-0.4, -0.2) is 21.6 Å². The number of halogens is 4. The van der Waals surface area contributed by atoms with Gasteiger partial charge in [-0.2, -0.15) is 13.2 Å². The van der Waals surface area contributed by atoms with Gasteiger partial charge >= 0.3 is 6.18 Å². The lowest BCUT2D eigenvalue weighted by molar-refractivity contribution is -0.141. The van der Waals surface area contributed by atoms with E-state index in [1.165, 1.54) is 11.3 Å². The van der Waals surface area contributed by atoms with Crippen LogP contribution in [0.25, 0.3) is 10.6 Å². The number of amides is 1. The SMILES string of the molecule is O=C(CSc1nc(-c2cccs2)cc(C(F)(F)F)n1)Nc1cccc(Cl)c1. The normalized spacial score (nSPS) is 11.4. The third kappa shape index (κ3) is 5.44. The molecule has 1 N–H and O–H groups in total. The van der Waals surface area contributed by atoms with Crippen molar-refractivity contribution in [3.63, 3.8) is 0 Å². The molecule has 2 heterocycles. The van der Waals surface area contributed by atoms with Crippen LogP contribution in [0, 0.1) is 0 Å². The number of carbonyl (C=O) groups excluding carboxylic acids is 1. The lowest BCUT2D eigenvalue weighted by Crippen LogP contribution is -2.15. The predicted octanol–water partition coefficient (Wildman–Crippen LogP) is 5.61. The largest absolute Gasteiger partial charge is 0.433 e. The summed E-state index contributed by atoms with van der Waals surface area (Å²) in [6.07, 6.45) is -4.60. The minimum absolute atomic E-state index is 0.116. The van der Waals surface area contributed by atoms with Gasteiger partial charge in [-0.05, 0) is 35.7 Å². The first-order chi connectivity index (χ1) is 12.8. The Bertz CT molecular complexity index is 949. The van der Waals surface area contributed by atoms with E-state index in [4.69, 9.17) is 11.6 Å². The van der Waals surface area contributed by atoms with Gasteiger partial charge < -0.3 is 5.32 Å². The Morgan fingerprint density at radius 1 is 1.19 bits per heavy atom. The van der Waals surface area contributed by atoms with Gasteiger partial charge in [-0.3, -0.25) is 4.79 Å². The maximum Gasteiger partial charge on any atom is 0.433 e. The first kappa shape index (κ1) is 19.7. The molecule has 0 bridgehead atoms. The summed E-state index contributed by atoms with van der Waals surface area (Å²) < 4.78 is 39.4. The lowest BCUT2D eigenvalue weighted by Gasteiger charge is -2.10. The van der Waals surface area contributed by atoms with E-state index in [0.29, 0.717) is 15.6 Å². The van der Waals surface area contributed by atoms with Crippen molar-refractivity contribution in [2.24, 2.45) is 0 Å². The Balaban J connectivity index is 1.75. The van der Waals surface area contributed by atoms with Crippen molar-refractivity contribution in [2.75, 3.05) is 11.1 Å². The van der Waals surface area contributed by atoms with Gasteiger partial charge in [-0.15, -0.1) is 11.3 Å². The molecule has 0 saturated carbocycles. The van der Waals surface area contributed by atoms with Crippen LogP contribution < -0.4 is 5.32 Å². The molecular weight excluding hydrogens is 419 g/mol. The van der Waals surface area contributed by atoms with E-state index < -0.39 is 17.8 Å². The van der Waals surface area contributed by atoms with Crippen LogP contribution in [0.4, 0.5) is 18.9 Å². The van der Waals surface area contributed by atoms with E-state index in [9.17, 15) is 18.0 Å². The molecular formula is C17H11ClF3N3OS2. The van der Waals surface area contributed by atoms with Crippen LogP contribution in [0.15, 0.2) is 53.0 Å². The Kier molecular flexibility index (Phi) is 6.03. The van der Waals surface area contributed by atoms with Crippen molar-refractivity contribution < 1.29 is 18.0 Å². The number of anilines is 1. The molecule has 0 unspecified atom stereocenters. The van der Waals surface area contributed by atoms with Crippen LogP contribution in [0.5, 0.6) is 0 Å². The quantitative estimate of drug-likeness (QED) is 0.423. The molecule has 0 fully saturated rings. The summed E-state index contributed by atoms with van der Waals surface area (Å²) in [5.74, 6) is -0.543. The van der Waals surface area contributed by atoms with E-state index >= 15 is 0 Å². The van der Waals surface area contributed by atoms with Gasteiger partial charge in [0, 0.05) is 10.7 Å². The highest BCUT2D eigenvalue weighted by Gasteiger charge is 2.34. The molecule has 3 aromatic rings. The van der Waals surface area contributed by atoms with Gasteiger partial charge in [-0.25, -0.2) is 9.97 Å². The number of rotatable bonds is 5. The minimum Gasteiger partial charge on any atom is -0.325 e. The summed E-state index contributed by atoms with van der Waals surface area (Å²) in [6, 6.07) is 10.9. The molecule has 10 heteroatoms. The molecule has 27 heavy (non-hydrogen) atoms. The predicted molar refractivity (Wildman–Crippen MR) is 101 cm³/mol. The molecule has 140 valence electrons. The molecule has 0 radical (unpaired) electrons. The summed E-state index contributed by atoms with van der Waals surface area (Å²) in [6.45, 7) is 0. The smallest absolute Gasteiger partial charge is 0.325 e. The van der Waals surface area contributed by atoms with Crippen molar-refractivity contribution in [2.45, 2.75) is 11.3 Å². The second-order valence-corrected chi connectivity index (χ2v) is 7.57. The number of aromatic nitrogens is 2. The van der Waals surface area contributed by atoms with Crippen molar-refractivity contribution in [3.8, 4) is 10.6 Å². The van der Waals surface area contributed by atoms with Crippen molar-refractivity contribution >= 4 is 46.3 Å². The van der Waals surface area contributed by atoms with E-state index in [1.54, 1.807) is 41.8 Å². The third-order valence-corrected chi connectivity index (χ3v) is 5.19. The molecule has 1 amide bonds. The molecule has 0 spiro atoms. The molecule has 3 rings (SSSR count). The Hall–Kier alpha value is -2.10. The summed E-state index contributed by atoms with van der Waals surface area (Å²) in [5.41, 5.74) is -0.374. The number of thioether (sulfide) groups is 1. The number of alkyl halides is 3. The van der Waals surface area contributed by atoms with Gasteiger partial charge in [0.05, 0.1) is 16.3 Å². The fraction of sp³-hybridized carbons (Fsp3) is 0.118. The molecule has 2 aromatic heterocycles. The van der Waals surface area contributed by atoms with Gasteiger partial charge in [0.25, 0.3) is 0 Å². The van der Waals surface area contributed by atoms with Gasteiger partial charge in [0.15, 0.2) is 5.16 Å². The Morgan fingerprint density at radius 3 is 2.67 bits per heavy atom. The van der Waals surface area contributed by atoms with Crippen LogP contribution in [0.2, 0.25) is 5.02 Å². The molecule has 0 aliphatic heterocycles. The zero-order chi connectivity index (χ0) is 19.4. The third-order valence-electron chi connectivity index (χ3n) is 3.21. The number of hydrogen-bond acceptors (Lipinski definition) is 5. The number of nitrogens with zero attached hydrogens (tertiary/aromatic N) is 2. The summed E-state index contributed by atoms with van der Waals surface area (Å²) in [4.78, 5) is 20.3. The monoisotopic (exact) mass is 429 g/mol. The van der Waals surface area contributed by atoms with Gasteiger partial charge in [0.2, 0.25) is 5.91 Å². The summed E-state index contributed by atoms with van der Waals surface area (Å²) in [5, 5.41) is 4.71. The Labute approximate surface area is 165 Å². The van der Waals surface area contributed by atoms with Gasteiger partial charge in [0.1, 0.15) is 5.69 Å². The molecule has 0 atom stereocenters. The molecule has 0 saturated heterocycles. The first-order valence-corrected chi connectivity index (χ1v) is 9.74. The maximum atomic E-state index is 13.1. The minimum atomic E-state index is -4.60. The number of hydrogen-bond donors (Lipinski definition) is 1. The van der Waals surface area contributed by atoms with Crippen LogP contribution in [0.3, 0.4) is 0 Å². The van der Waals surface area contributed by atoms with Crippen molar-refractivity contribution in [1.82, 2.24) is 9.97 Å². The maximum absolute atomic E-state index is 13.1. The standard InChI is InChI=1S/C17H11ClF3N3OS2/c18-10-3-1-4-11(7-10)22-15(25)9-27-16-23-12(13-5-2-6-26-13)8-14(24-16)17(19,20)21/h1-8H,9H2,(H,22,25). The van der Waals surface area contributed by atoms with Crippen molar-refractivity contribution in [3.05, 3.63) is 58.6 Å². The van der Waals surface area contributed by atoms with E-state index in [2.05, 4.69) is 15.3 Å². The highest BCUT2D eigenvalue weighted by Crippen LogP contribution is 2.33. The molecule has 4 nitrogen and oxygen atoms in total. The van der Waals surface area contributed by atoms with Crippen LogP contribution in [-0.2, 0) is 11.0 Å². The van der Waals surface area contributed by atoms with Crippen molar-refractivity contribution in [1.29, 1.82) is 0 Å². The molecule has 1 aromatic carbocycles. The fourth-order valence-electron chi connectivity index (χ4n) is 2.08. The molecule has 0 aliphatic carbocycles. The summed E-state index contributed by atoms with van der Waals surface area (Å²) >= 11 is 7.95. The average Bonchev–Trinajstić information content (AvgIpc) is 3.14. The zero-order valence-corrected chi connectivity index (χ0v) is 15.8. The topological polar surface area (TPSA) is 54.9 Å². The van der Waals surface area contributed by atoms with E-state index in [0.717, 1.165) is 17.8 Å². The first-order valence-electron chi connectivity index (χ1n) is 7.49. The zero-order valence-electron chi connectivity index (χ0n) is 13.5. The van der Waals surface area contributed by atoms with Crippen LogP contribution >= 0.6 is 34.7 Å². The lowest BCUT2D eigenvalue weighted by atomic mass is 10.3. The van der Waals surface area contributed by atoms with E-state index in [-0.39, 0.29) is 16.6 Å². The highest BCUT2D eigenvalue weighted by molar-refractivity contribution is 7.99. The number of thiophene rings is 1. The highest BCUT2D eigenvalue weighted by atomic mass is 35.5. The second-order valence-electron chi connectivity index (χ2n) is 5.24.